The van der Waals surface area contributed by atoms with E-state index in [1.54, 1.807) is 12.4 Å². The minimum Gasteiger partial charge on any atom is -0.369 e. The average molecular weight is 257 g/mol. The molecule has 0 aliphatic carbocycles. The van der Waals surface area contributed by atoms with E-state index in [-0.39, 0.29) is 0 Å². The van der Waals surface area contributed by atoms with Crippen LogP contribution in [0.3, 0.4) is 0 Å². The highest BCUT2D eigenvalue weighted by molar-refractivity contribution is 5.43. The Labute approximate surface area is 113 Å². The Bertz CT molecular complexity index is 500. The van der Waals surface area contributed by atoms with E-state index < -0.39 is 0 Å². The van der Waals surface area contributed by atoms with Gasteiger partial charge in [-0.3, -0.25) is 9.97 Å². The van der Waals surface area contributed by atoms with Gasteiger partial charge in [0.1, 0.15) is 11.6 Å². The summed E-state index contributed by atoms with van der Waals surface area (Å²) >= 11 is 0. The van der Waals surface area contributed by atoms with Crippen LogP contribution in [0.15, 0.2) is 36.9 Å². The Kier molecular flexibility index (Phi) is 4.66. The van der Waals surface area contributed by atoms with Gasteiger partial charge in [0.2, 0.25) is 0 Å². The van der Waals surface area contributed by atoms with Crippen molar-refractivity contribution >= 4 is 11.6 Å². The lowest BCUT2D eigenvalue weighted by Crippen LogP contribution is -2.22. The van der Waals surface area contributed by atoms with Gasteiger partial charge in [0.25, 0.3) is 0 Å². The molecule has 100 valence electrons. The fourth-order valence-electron chi connectivity index (χ4n) is 1.77. The number of anilines is 2. The topological polar surface area (TPSA) is 53.9 Å². The Hall–Kier alpha value is -2.17. The summed E-state index contributed by atoms with van der Waals surface area (Å²) in [5.74, 6) is 1.70. The van der Waals surface area contributed by atoms with Crippen molar-refractivity contribution < 1.29 is 0 Å². The SMILES string of the molecule is CCNc1cncc(N(C)CCc2ccncc2)n1. The molecule has 2 rings (SSSR count). The molecule has 0 unspecified atom stereocenters. The maximum Gasteiger partial charge on any atom is 0.149 e. The third-order valence-corrected chi connectivity index (χ3v) is 2.86. The maximum atomic E-state index is 4.51. The van der Waals surface area contributed by atoms with Gasteiger partial charge in [-0.15, -0.1) is 0 Å². The number of nitrogens with zero attached hydrogens (tertiary/aromatic N) is 4. The predicted molar refractivity (Wildman–Crippen MR) is 77.4 cm³/mol. The first-order chi connectivity index (χ1) is 9.29. The van der Waals surface area contributed by atoms with Crippen LogP contribution in [0, 0.1) is 0 Å². The molecule has 1 N–H and O–H groups in total. The molecule has 0 spiro atoms. The Morgan fingerprint density at radius 1 is 1.16 bits per heavy atom. The third-order valence-electron chi connectivity index (χ3n) is 2.86. The Morgan fingerprint density at radius 2 is 1.95 bits per heavy atom. The molecule has 2 heterocycles. The number of pyridine rings is 1. The molecule has 0 saturated carbocycles. The van der Waals surface area contributed by atoms with Gasteiger partial charge in [-0.1, -0.05) is 0 Å². The van der Waals surface area contributed by atoms with Crippen molar-refractivity contribution in [1.29, 1.82) is 0 Å². The van der Waals surface area contributed by atoms with Gasteiger partial charge >= 0.3 is 0 Å². The largest absolute Gasteiger partial charge is 0.369 e. The molecule has 5 heteroatoms. The number of hydrogen-bond acceptors (Lipinski definition) is 5. The normalized spacial score (nSPS) is 10.2. The summed E-state index contributed by atoms with van der Waals surface area (Å²) in [6, 6.07) is 4.07. The highest BCUT2D eigenvalue weighted by Crippen LogP contribution is 2.11. The van der Waals surface area contributed by atoms with Crippen LogP contribution in [0.4, 0.5) is 11.6 Å². The second-order valence-electron chi connectivity index (χ2n) is 4.32. The number of aromatic nitrogens is 3. The van der Waals surface area contributed by atoms with E-state index >= 15 is 0 Å². The lowest BCUT2D eigenvalue weighted by atomic mass is 10.2. The van der Waals surface area contributed by atoms with Crippen LogP contribution in [0.5, 0.6) is 0 Å². The van der Waals surface area contributed by atoms with E-state index in [0.29, 0.717) is 0 Å². The zero-order valence-electron chi connectivity index (χ0n) is 11.4. The average Bonchev–Trinajstić information content (AvgIpc) is 2.46. The molecule has 0 bridgehead atoms. The Balaban J connectivity index is 1.95. The van der Waals surface area contributed by atoms with E-state index in [0.717, 1.165) is 31.1 Å². The highest BCUT2D eigenvalue weighted by Gasteiger charge is 2.04. The van der Waals surface area contributed by atoms with Crippen molar-refractivity contribution in [1.82, 2.24) is 15.0 Å². The van der Waals surface area contributed by atoms with Gasteiger partial charge in [-0.05, 0) is 31.0 Å². The molecule has 0 amide bonds. The van der Waals surface area contributed by atoms with Crippen molar-refractivity contribution in [2.45, 2.75) is 13.3 Å². The van der Waals surface area contributed by atoms with Gasteiger partial charge in [-0.2, -0.15) is 0 Å². The zero-order valence-corrected chi connectivity index (χ0v) is 11.4. The van der Waals surface area contributed by atoms with Crippen LogP contribution in [-0.4, -0.2) is 35.1 Å². The lowest BCUT2D eigenvalue weighted by molar-refractivity contribution is 0.853. The minimum atomic E-state index is 0.816. The first kappa shape index (κ1) is 13.3. The zero-order chi connectivity index (χ0) is 13.5. The summed E-state index contributed by atoms with van der Waals surface area (Å²) in [6.07, 6.45) is 8.13. The van der Waals surface area contributed by atoms with Gasteiger partial charge in [-0.25, -0.2) is 4.98 Å². The first-order valence-electron chi connectivity index (χ1n) is 6.45. The maximum absolute atomic E-state index is 4.51. The molecular weight excluding hydrogens is 238 g/mol. The molecule has 2 aromatic heterocycles. The van der Waals surface area contributed by atoms with Crippen molar-refractivity contribution in [3.63, 3.8) is 0 Å². The van der Waals surface area contributed by atoms with Crippen LogP contribution in [0.2, 0.25) is 0 Å². The fourth-order valence-corrected chi connectivity index (χ4v) is 1.77. The van der Waals surface area contributed by atoms with Gasteiger partial charge in [0.05, 0.1) is 12.4 Å². The van der Waals surface area contributed by atoms with Crippen LogP contribution < -0.4 is 10.2 Å². The molecule has 5 nitrogen and oxygen atoms in total. The van der Waals surface area contributed by atoms with Crippen molar-refractivity contribution in [2.75, 3.05) is 30.4 Å². The summed E-state index contributed by atoms with van der Waals surface area (Å²) < 4.78 is 0. The summed E-state index contributed by atoms with van der Waals surface area (Å²) in [5, 5.41) is 3.17. The molecule has 0 atom stereocenters. The van der Waals surface area contributed by atoms with E-state index in [1.165, 1.54) is 5.56 Å². The molecule has 2 aromatic rings. The van der Waals surface area contributed by atoms with Gasteiger partial charge in [0.15, 0.2) is 0 Å². The second kappa shape index (κ2) is 6.68. The summed E-state index contributed by atoms with van der Waals surface area (Å²) in [6.45, 7) is 3.79. The van der Waals surface area contributed by atoms with E-state index in [9.17, 15) is 0 Å². The molecule has 0 aliphatic heterocycles. The molecule has 0 radical (unpaired) electrons. The van der Waals surface area contributed by atoms with E-state index in [4.69, 9.17) is 0 Å². The van der Waals surface area contributed by atoms with Crippen LogP contribution in [-0.2, 0) is 6.42 Å². The van der Waals surface area contributed by atoms with Gasteiger partial charge < -0.3 is 10.2 Å². The third kappa shape index (κ3) is 3.91. The van der Waals surface area contributed by atoms with Crippen LogP contribution in [0.25, 0.3) is 0 Å². The summed E-state index contributed by atoms with van der Waals surface area (Å²) in [5.41, 5.74) is 1.28. The smallest absolute Gasteiger partial charge is 0.149 e. The van der Waals surface area contributed by atoms with Crippen molar-refractivity contribution in [3.05, 3.63) is 42.5 Å². The van der Waals surface area contributed by atoms with Crippen molar-refractivity contribution in [3.8, 4) is 0 Å². The minimum absolute atomic E-state index is 0.816. The number of hydrogen-bond donors (Lipinski definition) is 1. The second-order valence-corrected chi connectivity index (χ2v) is 4.32. The fraction of sp³-hybridized carbons (Fsp3) is 0.357. The number of rotatable bonds is 6. The summed E-state index contributed by atoms with van der Waals surface area (Å²) in [7, 11) is 2.03. The van der Waals surface area contributed by atoms with Crippen molar-refractivity contribution in [2.24, 2.45) is 0 Å². The first-order valence-corrected chi connectivity index (χ1v) is 6.45. The number of likely N-dealkylation sites (N-methyl/N-ethyl adjacent to an activating group) is 1. The molecular formula is C14H19N5. The monoisotopic (exact) mass is 257 g/mol. The molecule has 0 fully saturated rings. The molecule has 0 saturated heterocycles. The Morgan fingerprint density at radius 3 is 2.68 bits per heavy atom. The molecule has 0 aliphatic rings. The number of nitrogens with one attached hydrogen (secondary N) is 1. The molecule has 0 aromatic carbocycles. The molecule has 19 heavy (non-hydrogen) atoms. The van der Waals surface area contributed by atoms with E-state index in [1.807, 2.05) is 38.5 Å². The van der Waals surface area contributed by atoms with Gasteiger partial charge in [0, 0.05) is 32.5 Å². The predicted octanol–water partition coefficient (Wildman–Crippen LogP) is 1.98. The summed E-state index contributed by atoms with van der Waals surface area (Å²) in [4.78, 5) is 14.8. The standard InChI is InChI=1S/C14H19N5/c1-3-17-13-10-16-11-14(18-13)19(2)9-6-12-4-7-15-8-5-12/h4-5,7-8,10-11H,3,6,9H2,1-2H3,(H,17,18). The van der Waals surface area contributed by atoms with Crippen LogP contribution >= 0.6 is 0 Å². The van der Waals surface area contributed by atoms with E-state index in [2.05, 4.69) is 25.2 Å². The lowest BCUT2D eigenvalue weighted by Gasteiger charge is -2.18. The highest BCUT2D eigenvalue weighted by atomic mass is 15.2. The van der Waals surface area contributed by atoms with Crippen LogP contribution in [0.1, 0.15) is 12.5 Å². The quantitative estimate of drug-likeness (QED) is 0.857.